The lowest BCUT2D eigenvalue weighted by molar-refractivity contribution is 0.164. The summed E-state index contributed by atoms with van der Waals surface area (Å²) in [5, 5.41) is 0. The van der Waals surface area contributed by atoms with Crippen LogP contribution in [0.4, 0.5) is 0 Å². The number of piperazine rings is 1. The second-order valence-corrected chi connectivity index (χ2v) is 7.65. The van der Waals surface area contributed by atoms with Crippen molar-refractivity contribution in [3.8, 4) is 0 Å². The molecular formula is C12H28N4O2S. The molecule has 0 bridgehead atoms. The Morgan fingerprint density at radius 1 is 1.16 bits per heavy atom. The standard InChI is InChI=1S/C12H28N4O2S/c1-11(2)14(4)19(17,18)16-7-5-15(6-8-16)10-12(3)9-13/h11-12H,5-10,13H2,1-4H3. The van der Waals surface area contributed by atoms with Crippen LogP contribution >= 0.6 is 0 Å². The minimum atomic E-state index is -3.30. The van der Waals surface area contributed by atoms with Crippen molar-refractivity contribution in [1.29, 1.82) is 0 Å². The third-order valence-electron chi connectivity index (χ3n) is 3.72. The molecule has 19 heavy (non-hydrogen) atoms. The first-order valence-electron chi connectivity index (χ1n) is 6.94. The number of hydrogen-bond acceptors (Lipinski definition) is 4. The van der Waals surface area contributed by atoms with E-state index in [9.17, 15) is 8.42 Å². The van der Waals surface area contributed by atoms with Crippen LogP contribution in [-0.2, 0) is 10.2 Å². The van der Waals surface area contributed by atoms with Gasteiger partial charge in [-0.1, -0.05) is 6.92 Å². The Balaban J connectivity index is 2.54. The van der Waals surface area contributed by atoms with Crippen molar-refractivity contribution >= 4 is 10.2 Å². The van der Waals surface area contributed by atoms with E-state index in [0.29, 0.717) is 25.6 Å². The van der Waals surface area contributed by atoms with Crippen molar-refractivity contribution in [2.75, 3.05) is 46.3 Å². The maximum Gasteiger partial charge on any atom is 0.282 e. The maximum absolute atomic E-state index is 12.3. The fourth-order valence-corrected chi connectivity index (χ4v) is 3.63. The van der Waals surface area contributed by atoms with E-state index in [4.69, 9.17) is 5.73 Å². The summed E-state index contributed by atoms with van der Waals surface area (Å²) in [6.07, 6.45) is 0. The fraction of sp³-hybridized carbons (Fsp3) is 1.00. The average molecular weight is 292 g/mol. The predicted octanol–water partition coefficient (Wildman–Crippen LogP) is -0.216. The van der Waals surface area contributed by atoms with Crippen molar-refractivity contribution in [3.63, 3.8) is 0 Å². The molecule has 6 nitrogen and oxygen atoms in total. The Morgan fingerprint density at radius 2 is 1.68 bits per heavy atom. The summed E-state index contributed by atoms with van der Waals surface area (Å²) in [6.45, 7) is 10.2. The van der Waals surface area contributed by atoms with Gasteiger partial charge in [0.2, 0.25) is 0 Å². The molecule has 1 heterocycles. The third-order valence-corrected chi connectivity index (χ3v) is 5.89. The van der Waals surface area contributed by atoms with E-state index >= 15 is 0 Å². The first-order valence-corrected chi connectivity index (χ1v) is 8.34. The molecule has 1 fully saturated rings. The molecule has 1 aliphatic rings. The second kappa shape index (κ2) is 6.99. The van der Waals surface area contributed by atoms with Gasteiger partial charge in [0.25, 0.3) is 10.2 Å². The van der Waals surface area contributed by atoms with E-state index in [0.717, 1.165) is 19.6 Å². The molecule has 1 aliphatic heterocycles. The topological polar surface area (TPSA) is 69.9 Å². The van der Waals surface area contributed by atoms with Crippen LogP contribution in [0.25, 0.3) is 0 Å². The quantitative estimate of drug-likeness (QED) is 0.735. The molecule has 0 amide bonds. The van der Waals surface area contributed by atoms with Crippen molar-refractivity contribution in [2.45, 2.75) is 26.8 Å². The number of hydrogen-bond donors (Lipinski definition) is 1. The first-order chi connectivity index (χ1) is 8.78. The molecule has 1 rings (SSSR count). The van der Waals surface area contributed by atoms with Crippen LogP contribution in [0.3, 0.4) is 0 Å². The molecule has 1 saturated heterocycles. The highest BCUT2D eigenvalue weighted by molar-refractivity contribution is 7.86. The van der Waals surface area contributed by atoms with Crippen molar-refractivity contribution in [2.24, 2.45) is 11.7 Å². The van der Waals surface area contributed by atoms with Gasteiger partial charge in [0.05, 0.1) is 0 Å². The van der Waals surface area contributed by atoms with Gasteiger partial charge in [-0.25, -0.2) is 0 Å². The van der Waals surface area contributed by atoms with Crippen LogP contribution in [-0.4, -0.2) is 74.3 Å². The average Bonchev–Trinajstić information content (AvgIpc) is 2.38. The van der Waals surface area contributed by atoms with Gasteiger partial charge in [0, 0.05) is 45.8 Å². The Kier molecular flexibility index (Phi) is 6.19. The van der Waals surface area contributed by atoms with Crippen molar-refractivity contribution in [1.82, 2.24) is 13.5 Å². The van der Waals surface area contributed by atoms with Crippen molar-refractivity contribution < 1.29 is 8.42 Å². The lowest BCUT2D eigenvalue weighted by atomic mass is 10.1. The highest BCUT2D eigenvalue weighted by Gasteiger charge is 2.31. The van der Waals surface area contributed by atoms with E-state index < -0.39 is 10.2 Å². The first kappa shape index (κ1) is 16.8. The zero-order valence-electron chi connectivity index (χ0n) is 12.5. The van der Waals surface area contributed by atoms with Crippen LogP contribution in [0.1, 0.15) is 20.8 Å². The minimum absolute atomic E-state index is 0.0136. The van der Waals surface area contributed by atoms with Crippen LogP contribution in [0.5, 0.6) is 0 Å². The zero-order chi connectivity index (χ0) is 14.6. The molecule has 0 aliphatic carbocycles. The normalized spacial score (nSPS) is 21.2. The zero-order valence-corrected chi connectivity index (χ0v) is 13.4. The molecule has 1 unspecified atom stereocenters. The summed E-state index contributed by atoms with van der Waals surface area (Å²) < 4.78 is 27.7. The second-order valence-electron chi connectivity index (χ2n) is 5.66. The highest BCUT2D eigenvalue weighted by Crippen LogP contribution is 2.13. The summed E-state index contributed by atoms with van der Waals surface area (Å²) in [5.41, 5.74) is 5.62. The van der Waals surface area contributed by atoms with Gasteiger partial charge >= 0.3 is 0 Å². The lowest BCUT2D eigenvalue weighted by Gasteiger charge is -2.37. The smallest absolute Gasteiger partial charge is 0.282 e. The van der Waals surface area contributed by atoms with E-state index in [-0.39, 0.29) is 6.04 Å². The van der Waals surface area contributed by atoms with Gasteiger partial charge in [-0.15, -0.1) is 0 Å². The van der Waals surface area contributed by atoms with Gasteiger partial charge in [0.1, 0.15) is 0 Å². The SMILES string of the molecule is CC(CN)CN1CCN(S(=O)(=O)N(C)C(C)C)CC1. The van der Waals surface area contributed by atoms with E-state index in [2.05, 4.69) is 11.8 Å². The Labute approximate surface area is 117 Å². The van der Waals surface area contributed by atoms with Gasteiger partial charge in [-0.3, -0.25) is 0 Å². The number of rotatable bonds is 6. The fourth-order valence-electron chi connectivity index (χ4n) is 2.11. The summed E-state index contributed by atoms with van der Waals surface area (Å²) in [7, 11) is -1.66. The Hall–Kier alpha value is -0.210. The molecule has 2 N–H and O–H groups in total. The summed E-state index contributed by atoms with van der Waals surface area (Å²) in [6, 6.07) is -0.0136. The van der Waals surface area contributed by atoms with Gasteiger partial charge in [0.15, 0.2) is 0 Å². The van der Waals surface area contributed by atoms with E-state index in [1.54, 1.807) is 11.4 Å². The summed E-state index contributed by atoms with van der Waals surface area (Å²) in [5.74, 6) is 0.460. The maximum atomic E-state index is 12.3. The Bertz CT molecular complexity index is 364. The molecule has 0 radical (unpaired) electrons. The molecular weight excluding hydrogens is 264 g/mol. The molecule has 114 valence electrons. The number of nitrogens with zero attached hydrogens (tertiary/aromatic N) is 3. The summed E-state index contributed by atoms with van der Waals surface area (Å²) >= 11 is 0. The number of nitrogens with two attached hydrogens (primary N) is 1. The highest BCUT2D eigenvalue weighted by atomic mass is 32.2. The van der Waals surface area contributed by atoms with Crippen LogP contribution < -0.4 is 5.73 Å². The molecule has 0 saturated carbocycles. The third kappa shape index (κ3) is 4.39. The van der Waals surface area contributed by atoms with Gasteiger partial charge in [-0.05, 0) is 26.3 Å². The van der Waals surface area contributed by atoms with Crippen LogP contribution in [0.15, 0.2) is 0 Å². The monoisotopic (exact) mass is 292 g/mol. The molecule has 7 heteroatoms. The van der Waals surface area contributed by atoms with Crippen LogP contribution in [0.2, 0.25) is 0 Å². The van der Waals surface area contributed by atoms with Gasteiger partial charge < -0.3 is 10.6 Å². The minimum Gasteiger partial charge on any atom is -0.330 e. The summed E-state index contributed by atoms with van der Waals surface area (Å²) in [4.78, 5) is 2.29. The van der Waals surface area contributed by atoms with Crippen molar-refractivity contribution in [3.05, 3.63) is 0 Å². The van der Waals surface area contributed by atoms with E-state index in [1.807, 2.05) is 13.8 Å². The van der Waals surface area contributed by atoms with Gasteiger partial charge in [-0.2, -0.15) is 17.0 Å². The largest absolute Gasteiger partial charge is 0.330 e. The Morgan fingerprint density at radius 3 is 2.11 bits per heavy atom. The van der Waals surface area contributed by atoms with E-state index in [1.165, 1.54) is 4.31 Å². The van der Waals surface area contributed by atoms with Crippen LogP contribution in [0, 0.1) is 5.92 Å². The molecule has 0 aromatic heterocycles. The molecule has 0 aromatic rings. The molecule has 0 spiro atoms. The lowest BCUT2D eigenvalue weighted by Crippen LogP contribution is -2.54. The molecule has 1 atom stereocenters. The molecule has 0 aromatic carbocycles. The predicted molar refractivity (Wildman–Crippen MR) is 78.1 cm³/mol.